The Morgan fingerprint density at radius 3 is 2.50 bits per heavy atom. The van der Waals surface area contributed by atoms with Crippen LogP contribution in [0.5, 0.6) is 0 Å². The molecule has 2 aliphatic rings. The summed E-state index contributed by atoms with van der Waals surface area (Å²) in [7, 11) is 1.70. The Hall–Kier alpha value is -2.37. The fourth-order valence-electron chi connectivity index (χ4n) is 3.83. The maximum absolute atomic E-state index is 12.9. The molecule has 1 atom stereocenters. The van der Waals surface area contributed by atoms with Gasteiger partial charge in [-0.2, -0.15) is 0 Å². The minimum atomic E-state index is -0.798. The second kappa shape index (κ2) is 7.09. The summed E-state index contributed by atoms with van der Waals surface area (Å²) in [6.45, 7) is 3.88. The third-order valence-electron chi connectivity index (χ3n) is 5.92. The number of hydrogen-bond donors (Lipinski definition) is 1. The molecule has 0 bridgehead atoms. The van der Waals surface area contributed by atoms with Crippen LogP contribution in [0.1, 0.15) is 51.1 Å². The van der Waals surface area contributed by atoms with Gasteiger partial charge in [-0.1, -0.05) is 37.3 Å². The number of rotatable bonds is 4. The standard InChI is InChI=1S/C20H27N3O3/c1-14-9-11-20(12-10-14)18(25)23(19(26)21-20)13-17(24)22(3)15(2)16-7-5-4-6-8-16/h4-8,14-15H,9-13H2,1-3H3,(H,21,26). The predicted octanol–water partition coefficient (Wildman–Crippen LogP) is 2.71. The van der Waals surface area contributed by atoms with Gasteiger partial charge in [-0.05, 0) is 44.1 Å². The normalized spacial score (nSPS) is 26.7. The molecule has 1 aromatic carbocycles. The van der Waals surface area contributed by atoms with Crippen LogP contribution in [0.15, 0.2) is 30.3 Å². The van der Waals surface area contributed by atoms with Crippen LogP contribution in [0.3, 0.4) is 0 Å². The van der Waals surface area contributed by atoms with E-state index >= 15 is 0 Å². The van der Waals surface area contributed by atoms with E-state index in [-0.39, 0.29) is 24.4 Å². The zero-order valence-corrected chi connectivity index (χ0v) is 15.7. The van der Waals surface area contributed by atoms with Crippen molar-refractivity contribution in [1.82, 2.24) is 15.1 Å². The van der Waals surface area contributed by atoms with Crippen LogP contribution in [0.4, 0.5) is 4.79 Å². The quantitative estimate of drug-likeness (QED) is 0.843. The highest BCUT2D eigenvalue weighted by molar-refractivity contribution is 6.09. The second-order valence-corrected chi connectivity index (χ2v) is 7.68. The monoisotopic (exact) mass is 357 g/mol. The molecule has 6 heteroatoms. The van der Waals surface area contributed by atoms with E-state index in [0.717, 1.165) is 23.3 Å². The zero-order chi connectivity index (χ0) is 18.9. The summed E-state index contributed by atoms with van der Waals surface area (Å²) in [5.74, 6) is 0.0773. The van der Waals surface area contributed by atoms with Gasteiger partial charge in [0.15, 0.2) is 0 Å². The Bertz CT molecular complexity index is 696. The number of carbonyl (C=O) groups excluding carboxylic acids is 3. The zero-order valence-electron chi connectivity index (χ0n) is 15.7. The lowest BCUT2D eigenvalue weighted by molar-refractivity contribution is -0.140. The van der Waals surface area contributed by atoms with E-state index in [9.17, 15) is 14.4 Å². The lowest BCUT2D eigenvalue weighted by atomic mass is 9.77. The molecule has 4 amide bonds. The van der Waals surface area contributed by atoms with E-state index < -0.39 is 11.6 Å². The number of nitrogens with zero attached hydrogens (tertiary/aromatic N) is 2. The van der Waals surface area contributed by atoms with E-state index in [1.54, 1.807) is 11.9 Å². The molecule has 1 aromatic rings. The van der Waals surface area contributed by atoms with Crippen molar-refractivity contribution in [2.75, 3.05) is 13.6 Å². The van der Waals surface area contributed by atoms with E-state index in [0.29, 0.717) is 18.8 Å². The smallest absolute Gasteiger partial charge is 0.325 e. The van der Waals surface area contributed by atoms with Crippen molar-refractivity contribution in [3.63, 3.8) is 0 Å². The van der Waals surface area contributed by atoms with Crippen molar-refractivity contribution in [3.8, 4) is 0 Å². The van der Waals surface area contributed by atoms with Crippen molar-refractivity contribution in [2.24, 2.45) is 5.92 Å². The molecular weight excluding hydrogens is 330 g/mol. The van der Waals surface area contributed by atoms with Crippen molar-refractivity contribution in [1.29, 1.82) is 0 Å². The van der Waals surface area contributed by atoms with Gasteiger partial charge in [-0.25, -0.2) is 4.79 Å². The number of benzene rings is 1. The molecule has 1 aliphatic heterocycles. The summed E-state index contributed by atoms with van der Waals surface area (Å²) < 4.78 is 0. The molecule has 140 valence electrons. The average molecular weight is 357 g/mol. The van der Waals surface area contributed by atoms with E-state index in [1.807, 2.05) is 37.3 Å². The van der Waals surface area contributed by atoms with Crippen LogP contribution in [-0.4, -0.2) is 46.8 Å². The molecule has 2 fully saturated rings. The summed E-state index contributed by atoms with van der Waals surface area (Å²) in [5.41, 5.74) is 0.214. The topological polar surface area (TPSA) is 69.7 Å². The molecule has 1 saturated heterocycles. The highest BCUT2D eigenvalue weighted by Crippen LogP contribution is 2.36. The van der Waals surface area contributed by atoms with Crippen LogP contribution in [-0.2, 0) is 9.59 Å². The van der Waals surface area contributed by atoms with Gasteiger partial charge in [-0.3, -0.25) is 14.5 Å². The number of imide groups is 1. The molecule has 0 aromatic heterocycles. The Balaban J connectivity index is 1.67. The number of carbonyl (C=O) groups is 3. The number of hydrogen-bond acceptors (Lipinski definition) is 3. The number of likely N-dealkylation sites (N-methyl/N-ethyl adjacent to an activating group) is 1. The fraction of sp³-hybridized carbons (Fsp3) is 0.550. The van der Waals surface area contributed by atoms with Gasteiger partial charge in [0.1, 0.15) is 12.1 Å². The van der Waals surface area contributed by atoms with Gasteiger partial charge in [0.25, 0.3) is 5.91 Å². The van der Waals surface area contributed by atoms with E-state index in [2.05, 4.69) is 12.2 Å². The number of amides is 4. The molecule has 0 radical (unpaired) electrons. The number of nitrogens with one attached hydrogen (secondary N) is 1. The first-order valence-electron chi connectivity index (χ1n) is 9.29. The van der Waals surface area contributed by atoms with Crippen molar-refractivity contribution in [3.05, 3.63) is 35.9 Å². The van der Waals surface area contributed by atoms with Gasteiger partial charge < -0.3 is 10.2 Å². The Kier molecular flexibility index (Phi) is 5.03. The predicted molar refractivity (Wildman–Crippen MR) is 98.2 cm³/mol. The van der Waals surface area contributed by atoms with Gasteiger partial charge >= 0.3 is 6.03 Å². The molecule has 1 spiro atoms. The highest BCUT2D eigenvalue weighted by Gasteiger charge is 2.52. The summed E-state index contributed by atoms with van der Waals surface area (Å²) in [4.78, 5) is 40.6. The van der Waals surface area contributed by atoms with Crippen LogP contribution < -0.4 is 5.32 Å². The van der Waals surface area contributed by atoms with Gasteiger partial charge in [0, 0.05) is 7.05 Å². The first-order valence-corrected chi connectivity index (χ1v) is 9.29. The minimum absolute atomic E-state index is 0.131. The lowest BCUT2D eigenvalue weighted by Crippen LogP contribution is -2.50. The average Bonchev–Trinajstić information content (AvgIpc) is 2.88. The van der Waals surface area contributed by atoms with Gasteiger partial charge in [0.2, 0.25) is 5.91 Å². The minimum Gasteiger partial charge on any atom is -0.337 e. The summed E-state index contributed by atoms with van der Waals surface area (Å²) in [6, 6.07) is 9.12. The molecule has 1 unspecified atom stereocenters. The molecule has 3 rings (SSSR count). The van der Waals surface area contributed by atoms with Crippen LogP contribution >= 0.6 is 0 Å². The first kappa shape index (κ1) is 18.4. The Morgan fingerprint density at radius 1 is 1.27 bits per heavy atom. The van der Waals surface area contributed by atoms with Crippen LogP contribution in [0.25, 0.3) is 0 Å². The maximum atomic E-state index is 12.9. The maximum Gasteiger partial charge on any atom is 0.325 e. The van der Waals surface area contributed by atoms with Crippen LogP contribution in [0.2, 0.25) is 0 Å². The SMILES string of the molecule is CC1CCC2(CC1)NC(=O)N(CC(=O)N(C)C(C)c1ccccc1)C2=O. The summed E-state index contributed by atoms with van der Waals surface area (Å²) in [5, 5.41) is 2.86. The second-order valence-electron chi connectivity index (χ2n) is 7.68. The lowest BCUT2D eigenvalue weighted by Gasteiger charge is -2.33. The van der Waals surface area contributed by atoms with Crippen molar-refractivity contribution < 1.29 is 14.4 Å². The molecule has 26 heavy (non-hydrogen) atoms. The van der Waals surface area contributed by atoms with E-state index in [4.69, 9.17) is 0 Å². The molecule has 1 saturated carbocycles. The summed E-state index contributed by atoms with van der Waals surface area (Å²) >= 11 is 0. The number of urea groups is 1. The molecule has 1 N–H and O–H groups in total. The summed E-state index contributed by atoms with van der Waals surface area (Å²) in [6.07, 6.45) is 3.14. The molecule has 1 heterocycles. The Labute approximate surface area is 154 Å². The third-order valence-corrected chi connectivity index (χ3v) is 5.92. The highest BCUT2D eigenvalue weighted by atomic mass is 16.2. The van der Waals surface area contributed by atoms with Gasteiger partial charge in [-0.15, -0.1) is 0 Å². The van der Waals surface area contributed by atoms with Gasteiger partial charge in [0.05, 0.1) is 6.04 Å². The largest absolute Gasteiger partial charge is 0.337 e. The molecule has 6 nitrogen and oxygen atoms in total. The molecular formula is C20H27N3O3. The Morgan fingerprint density at radius 2 is 1.88 bits per heavy atom. The fourth-order valence-corrected chi connectivity index (χ4v) is 3.83. The van der Waals surface area contributed by atoms with Crippen molar-refractivity contribution in [2.45, 2.75) is 51.1 Å². The molecule has 1 aliphatic carbocycles. The van der Waals surface area contributed by atoms with E-state index in [1.165, 1.54) is 0 Å². The van der Waals surface area contributed by atoms with Crippen LogP contribution in [0, 0.1) is 5.92 Å². The first-order chi connectivity index (χ1) is 12.3. The van der Waals surface area contributed by atoms with Crippen molar-refractivity contribution >= 4 is 17.8 Å². The third kappa shape index (κ3) is 3.32.